The van der Waals surface area contributed by atoms with Gasteiger partial charge in [-0.15, -0.1) is 0 Å². The van der Waals surface area contributed by atoms with E-state index < -0.39 is 12.1 Å². The molecule has 0 radical (unpaired) electrons. The number of pyridine rings is 1. The molecule has 0 spiro atoms. The van der Waals surface area contributed by atoms with Crippen LogP contribution in [0.15, 0.2) is 29.2 Å². The Bertz CT molecular complexity index is 769. The number of likely N-dealkylation sites (tertiary alicyclic amines) is 1. The number of piperidine rings is 1. The minimum absolute atomic E-state index is 0.0293. The second kappa shape index (κ2) is 5.96. The van der Waals surface area contributed by atoms with Crippen LogP contribution in [0.1, 0.15) is 24.1 Å². The van der Waals surface area contributed by atoms with Crippen molar-refractivity contribution < 1.29 is 13.2 Å². The molecule has 1 unspecified atom stereocenters. The lowest BCUT2D eigenvalue weighted by Gasteiger charge is -2.33. The van der Waals surface area contributed by atoms with Crippen molar-refractivity contribution in [3.8, 4) is 0 Å². The molecule has 0 aliphatic carbocycles. The van der Waals surface area contributed by atoms with Crippen molar-refractivity contribution in [2.24, 2.45) is 5.92 Å². The van der Waals surface area contributed by atoms with Crippen LogP contribution < -0.4 is 5.56 Å². The van der Waals surface area contributed by atoms with Crippen LogP contribution in [0.25, 0.3) is 5.65 Å². The predicted molar refractivity (Wildman–Crippen MR) is 80.3 cm³/mol. The van der Waals surface area contributed by atoms with Gasteiger partial charge in [0.2, 0.25) is 0 Å². The largest absolute Gasteiger partial charge is 0.393 e. The molecule has 1 aliphatic heterocycles. The summed E-state index contributed by atoms with van der Waals surface area (Å²) in [6.07, 6.45) is -1.77. The quantitative estimate of drug-likeness (QED) is 0.852. The van der Waals surface area contributed by atoms with Crippen LogP contribution in [0.3, 0.4) is 0 Å². The first-order chi connectivity index (χ1) is 10.8. The van der Waals surface area contributed by atoms with E-state index in [9.17, 15) is 18.0 Å². The van der Waals surface area contributed by atoms with E-state index >= 15 is 0 Å². The average Bonchev–Trinajstić information content (AvgIpc) is 2.48. The predicted octanol–water partition coefficient (Wildman–Crippen LogP) is 2.78. The van der Waals surface area contributed by atoms with Gasteiger partial charge < -0.3 is 0 Å². The third-order valence-corrected chi connectivity index (χ3v) is 4.21. The minimum Gasteiger partial charge on any atom is -0.297 e. The average molecular weight is 325 g/mol. The van der Waals surface area contributed by atoms with Crippen molar-refractivity contribution in [2.45, 2.75) is 32.5 Å². The van der Waals surface area contributed by atoms with Gasteiger partial charge in [0.25, 0.3) is 5.56 Å². The zero-order chi connectivity index (χ0) is 16.6. The van der Waals surface area contributed by atoms with Gasteiger partial charge in [0.15, 0.2) is 0 Å². The van der Waals surface area contributed by atoms with E-state index in [0.717, 1.165) is 5.56 Å². The normalized spacial score (nSPS) is 20.1. The van der Waals surface area contributed by atoms with Crippen molar-refractivity contribution in [3.63, 3.8) is 0 Å². The first-order valence-electron chi connectivity index (χ1n) is 7.61. The molecule has 1 fully saturated rings. The van der Waals surface area contributed by atoms with E-state index in [1.165, 1.54) is 10.5 Å². The van der Waals surface area contributed by atoms with E-state index in [1.807, 2.05) is 13.0 Å². The molecular formula is C16H18F3N3O. The highest BCUT2D eigenvalue weighted by atomic mass is 19.4. The van der Waals surface area contributed by atoms with Crippen LogP contribution >= 0.6 is 0 Å². The Balaban J connectivity index is 1.81. The van der Waals surface area contributed by atoms with Crippen molar-refractivity contribution in [1.29, 1.82) is 0 Å². The molecule has 1 aliphatic rings. The van der Waals surface area contributed by atoms with Gasteiger partial charge in [0, 0.05) is 25.4 Å². The maximum atomic E-state index is 12.9. The number of nitrogens with zero attached hydrogens (tertiary/aromatic N) is 3. The second-order valence-electron chi connectivity index (χ2n) is 6.14. The fraction of sp³-hybridized carbons (Fsp3) is 0.500. The van der Waals surface area contributed by atoms with E-state index in [4.69, 9.17) is 0 Å². The van der Waals surface area contributed by atoms with Gasteiger partial charge in [-0.05, 0) is 37.9 Å². The zero-order valence-electron chi connectivity index (χ0n) is 12.8. The Hall–Kier alpha value is -1.89. The number of halogens is 3. The van der Waals surface area contributed by atoms with Crippen molar-refractivity contribution >= 4 is 5.65 Å². The molecule has 0 amide bonds. The van der Waals surface area contributed by atoms with Crippen LogP contribution in [0.5, 0.6) is 0 Å². The molecule has 0 bridgehead atoms. The lowest BCUT2D eigenvalue weighted by atomic mass is 9.97. The van der Waals surface area contributed by atoms with Gasteiger partial charge in [-0.25, -0.2) is 4.98 Å². The Morgan fingerprint density at radius 2 is 2.13 bits per heavy atom. The lowest BCUT2D eigenvalue weighted by molar-refractivity contribution is -0.187. The number of aryl methyl sites for hydroxylation is 1. The van der Waals surface area contributed by atoms with Crippen LogP contribution in [0, 0.1) is 12.8 Å². The van der Waals surface area contributed by atoms with Gasteiger partial charge in [-0.3, -0.25) is 14.1 Å². The first-order valence-corrected chi connectivity index (χ1v) is 7.61. The summed E-state index contributed by atoms with van der Waals surface area (Å²) in [5.41, 5.74) is 1.76. The number of hydrogen-bond donors (Lipinski definition) is 0. The van der Waals surface area contributed by atoms with Crippen LogP contribution in [-0.4, -0.2) is 33.6 Å². The maximum absolute atomic E-state index is 12.9. The monoisotopic (exact) mass is 325 g/mol. The molecular weight excluding hydrogens is 307 g/mol. The summed E-state index contributed by atoms with van der Waals surface area (Å²) in [5, 5.41) is 0. The molecule has 1 saturated heterocycles. The molecule has 0 N–H and O–H groups in total. The van der Waals surface area contributed by atoms with Crippen LogP contribution in [0.4, 0.5) is 13.2 Å². The Morgan fingerprint density at radius 1 is 1.35 bits per heavy atom. The molecule has 0 aromatic carbocycles. The highest BCUT2D eigenvalue weighted by Gasteiger charge is 2.41. The first kappa shape index (κ1) is 16.0. The Morgan fingerprint density at radius 3 is 2.87 bits per heavy atom. The van der Waals surface area contributed by atoms with Gasteiger partial charge in [-0.1, -0.05) is 6.07 Å². The molecule has 4 nitrogen and oxygen atoms in total. The van der Waals surface area contributed by atoms with E-state index in [-0.39, 0.29) is 25.1 Å². The fourth-order valence-electron chi connectivity index (χ4n) is 3.03. The molecule has 1 atom stereocenters. The van der Waals surface area contributed by atoms with Crippen LogP contribution in [0.2, 0.25) is 0 Å². The molecule has 23 heavy (non-hydrogen) atoms. The lowest BCUT2D eigenvalue weighted by Crippen LogP contribution is -2.41. The third kappa shape index (κ3) is 3.55. The van der Waals surface area contributed by atoms with E-state index in [2.05, 4.69) is 4.98 Å². The summed E-state index contributed by atoms with van der Waals surface area (Å²) in [6, 6.07) is 5.00. The maximum Gasteiger partial charge on any atom is 0.393 e. The van der Waals surface area contributed by atoms with Crippen molar-refractivity contribution in [1.82, 2.24) is 14.3 Å². The molecule has 2 aromatic rings. The molecule has 124 valence electrons. The number of rotatable bonds is 2. The van der Waals surface area contributed by atoms with Crippen LogP contribution in [-0.2, 0) is 6.54 Å². The third-order valence-electron chi connectivity index (χ3n) is 4.21. The number of fused-ring (bicyclic) bond motifs is 1. The molecule has 2 aromatic heterocycles. The standard InChI is InChI=1S/C16H18F3N3O/c1-11-4-5-14-20-13(7-15(23)22(14)8-11)10-21-6-2-3-12(9-21)16(17,18)19/h4-5,7-8,12H,2-3,6,9-10H2,1H3. The molecule has 7 heteroatoms. The van der Waals surface area contributed by atoms with Crippen molar-refractivity contribution in [3.05, 3.63) is 46.0 Å². The van der Waals surface area contributed by atoms with Gasteiger partial charge in [0.05, 0.1) is 11.6 Å². The van der Waals surface area contributed by atoms with E-state index in [1.54, 1.807) is 17.2 Å². The topological polar surface area (TPSA) is 37.6 Å². The van der Waals surface area contributed by atoms with Gasteiger partial charge >= 0.3 is 6.18 Å². The zero-order valence-corrected chi connectivity index (χ0v) is 12.8. The summed E-state index contributed by atoms with van der Waals surface area (Å²) in [5.74, 6) is -1.29. The molecule has 0 saturated carbocycles. The Labute approximate surface area is 131 Å². The SMILES string of the molecule is Cc1ccc2nc(CN3CCCC(C(F)(F)F)C3)cc(=O)n2c1. The molecule has 3 heterocycles. The number of aromatic nitrogens is 2. The molecule has 3 rings (SSSR count). The summed E-state index contributed by atoms with van der Waals surface area (Å²) < 4.78 is 40.1. The van der Waals surface area contributed by atoms with E-state index in [0.29, 0.717) is 24.3 Å². The van der Waals surface area contributed by atoms with Gasteiger partial charge in [0.1, 0.15) is 5.65 Å². The fourth-order valence-corrected chi connectivity index (χ4v) is 3.03. The highest BCUT2D eigenvalue weighted by Crippen LogP contribution is 2.33. The summed E-state index contributed by atoms with van der Waals surface area (Å²) in [7, 11) is 0. The van der Waals surface area contributed by atoms with Crippen molar-refractivity contribution in [2.75, 3.05) is 13.1 Å². The summed E-state index contributed by atoms with van der Waals surface area (Å²) in [4.78, 5) is 18.3. The number of hydrogen-bond acceptors (Lipinski definition) is 3. The van der Waals surface area contributed by atoms with Gasteiger partial charge in [-0.2, -0.15) is 13.2 Å². The highest BCUT2D eigenvalue weighted by molar-refractivity contribution is 5.39. The smallest absolute Gasteiger partial charge is 0.297 e. The minimum atomic E-state index is -4.16. The summed E-state index contributed by atoms with van der Waals surface area (Å²) >= 11 is 0. The second-order valence-corrected chi connectivity index (χ2v) is 6.14. The Kier molecular flexibility index (Phi) is 4.14. The summed E-state index contributed by atoms with van der Waals surface area (Å²) in [6.45, 7) is 2.72. The number of alkyl halides is 3.